The maximum Gasteiger partial charge on any atom is 0.272 e. The van der Waals surface area contributed by atoms with Crippen molar-refractivity contribution in [3.63, 3.8) is 0 Å². The van der Waals surface area contributed by atoms with E-state index in [1.54, 1.807) is 12.1 Å². The number of aromatic nitrogens is 2. The number of nitrogens with one attached hydrogen (secondary N) is 2. The van der Waals surface area contributed by atoms with Gasteiger partial charge in [0.25, 0.3) is 5.91 Å². The summed E-state index contributed by atoms with van der Waals surface area (Å²) in [7, 11) is 0. The highest BCUT2D eigenvalue weighted by Crippen LogP contribution is 2.29. The van der Waals surface area contributed by atoms with E-state index in [4.69, 9.17) is 5.73 Å². The number of nitrogens with zero attached hydrogens (tertiary/aromatic N) is 1. The van der Waals surface area contributed by atoms with Crippen molar-refractivity contribution in [2.24, 2.45) is 0 Å². The first-order chi connectivity index (χ1) is 9.69. The molecule has 1 fully saturated rings. The second kappa shape index (κ2) is 5.36. The van der Waals surface area contributed by atoms with Crippen molar-refractivity contribution in [2.75, 3.05) is 12.0 Å². The van der Waals surface area contributed by atoms with E-state index in [1.807, 2.05) is 17.8 Å². The summed E-state index contributed by atoms with van der Waals surface area (Å²) in [5.74, 6) is -0.118. The van der Waals surface area contributed by atoms with Crippen molar-refractivity contribution in [1.29, 1.82) is 0 Å². The van der Waals surface area contributed by atoms with E-state index in [0.717, 1.165) is 17.3 Å². The third-order valence-electron chi connectivity index (χ3n) is 3.87. The summed E-state index contributed by atoms with van der Waals surface area (Å²) >= 11 is 1.82. The lowest BCUT2D eigenvalue weighted by Crippen LogP contribution is -2.38. The number of aromatic amines is 1. The van der Waals surface area contributed by atoms with Crippen LogP contribution in [0.2, 0.25) is 0 Å². The van der Waals surface area contributed by atoms with E-state index in [-0.39, 0.29) is 11.9 Å². The highest BCUT2D eigenvalue weighted by molar-refractivity contribution is 7.99. The van der Waals surface area contributed by atoms with E-state index in [0.29, 0.717) is 16.6 Å². The first kappa shape index (κ1) is 13.3. The molecule has 4 N–H and O–H groups in total. The van der Waals surface area contributed by atoms with Crippen LogP contribution in [0.5, 0.6) is 0 Å². The van der Waals surface area contributed by atoms with Gasteiger partial charge in [0.15, 0.2) is 5.69 Å². The van der Waals surface area contributed by atoms with Gasteiger partial charge in [0.2, 0.25) is 0 Å². The van der Waals surface area contributed by atoms with Gasteiger partial charge in [-0.1, -0.05) is 6.42 Å². The van der Waals surface area contributed by atoms with Crippen LogP contribution < -0.4 is 11.1 Å². The zero-order chi connectivity index (χ0) is 14.1. The molecule has 1 aliphatic rings. The summed E-state index contributed by atoms with van der Waals surface area (Å²) in [4.78, 5) is 12.4. The number of amides is 1. The highest BCUT2D eigenvalue weighted by atomic mass is 32.2. The van der Waals surface area contributed by atoms with E-state index in [9.17, 15) is 4.79 Å². The van der Waals surface area contributed by atoms with Crippen molar-refractivity contribution < 1.29 is 4.79 Å². The van der Waals surface area contributed by atoms with Crippen LogP contribution in [0.15, 0.2) is 18.2 Å². The Morgan fingerprint density at radius 2 is 2.35 bits per heavy atom. The van der Waals surface area contributed by atoms with Gasteiger partial charge in [-0.3, -0.25) is 9.89 Å². The fraction of sp³-hybridized carbons (Fsp3) is 0.429. The van der Waals surface area contributed by atoms with Crippen LogP contribution in [0, 0.1) is 0 Å². The van der Waals surface area contributed by atoms with Gasteiger partial charge >= 0.3 is 0 Å². The van der Waals surface area contributed by atoms with Gasteiger partial charge in [0.1, 0.15) is 0 Å². The molecular weight excluding hydrogens is 272 g/mol. The fourth-order valence-corrected chi connectivity index (χ4v) is 3.75. The van der Waals surface area contributed by atoms with Crippen molar-refractivity contribution in [2.45, 2.75) is 30.6 Å². The number of H-pyrrole nitrogens is 1. The third kappa shape index (κ3) is 2.35. The zero-order valence-corrected chi connectivity index (χ0v) is 12.2. The molecule has 2 atom stereocenters. The maximum absolute atomic E-state index is 12.4. The zero-order valence-electron chi connectivity index (χ0n) is 11.3. The normalized spacial score (nSPS) is 22.2. The molecule has 0 aliphatic heterocycles. The second-order valence-corrected chi connectivity index (χ2v) is 6.24. The summed E-state index contributed by atoms with van der Waals surface area (Å²) < 4.78 is 0. The quantitative estimate of drug-likeness (QED) is 0.756. The number of carbonyl (C=O) groups excluding carboxylic acids is 1. The van der Waals surface area contributed by atoms with Crippen LogP contribution in [0.25, 0.3) is 10.9 Å². The van der Waals surface area contributed by atoms with E-state index < -0.39 is 0 Å². The number of anilines is 1. The summed E-state index contributed by atoms with van der Waals surface area (Å²) in [5, 5.41) is 11.4. The van der Waals surface area contributed by atoms with Crippen LogP contribution in [-0.2, 0) is 0 Å². The second-order valence-electron chi connectivity index (χ2n) is 5.16. The largest absolute Gasteiger partial charge is 0.399 e. The molecule has 1 amide bonds. The molecule has 1 aromatic carbocycles. The van der Waals surface area contributed by atoms with Crippen LogP contribution in [0.3, 0.4) is 0 Å². The topological polar surface area (TPSA) is 83.8 Å². The molecule has 1 heterocycles. The van der Waals surface area contributed by atoms with Crippen LogP contribution in [-0.4, -0.2) is 33.7 Å². The maximum atomic E-state index is 12.4. The minimum atomic E-state index is -0.118. The molecule has 1 aliphatic carbocycles. The molecule has 0 spiro atoms. The molecule has 0 radical (unpaired) electrons. The Kier molecular flexibility index (Phi) is 3.56. The number of nitrogens with two attached hydrogens (primary N) is 1. The molecule has 5 nitrogen and oxygen atoms in total. The van der Waals surface area contributed by atoms with Crippen molar-refractivity contribution in [3.05, 3.63) is 23.9 Å². The van der Waals surface area contributed by atoms with Crippen molar-refractivity contribution in [1.82, 2.24) is 15.5 Å². The summed E-state index contributed by atoms with van der Waals surface area (Å²) in [6.07, 6.45) is 5.48. The van der Waals surface area contributed by atoms with Gasteiger partial charge in [-0.25, -0.2) is 0 Å². The lowest BCUT2D eigenvalue weighted by atomic mass is 10.1. The number of fused-ring (bicyclic) bond motifs is 1. The number of benzene rings is 1. The Morgan fingerprint density at radius 3 is 3.15 bits per heavy atom. The van der Waals surface area contributed by atoms with Gasteiger partial charge in [0, 0.05) is 22.4 Å². The average molecular weight is 290 g/mol. The summed E-state index contributed by atoms with van der Waals surface area (Å²) in [6.45, 7) is 0. The van der Waals surface area contributed by atoms with Crippen molar-refractivity contribution in [3.8, 4) is 0 Å². The standard InChI is InChI=1S/C14H18N4OS/c1-20-12-4-2-3-11(12)16-14(19)13-9-7-8(15)5-6-10(9)17-18-13/h5-7,11-12H,2-4,15H2,1H3,(H,16,19)(H,17,18). The Hall–Kier alpha value is -1.69. The first-order valence-electron chi connectivity index (χ1n) is 6.76. The minimum absolute atomic E-state index is 0.118. The average Bonchev–Trinajstić information content (AvgIpc) is 3.04. The number of rotatable bonds is 3. The van der Waals surface area contributed by atoms with Gasteiger partial charge in [-0.15, -0.1) is 0 Å². The molecule has 6 heteroatoms. The Labute approximate surface area is 121 Å². The smallest absolute Gasteiger partial charge is 0.272 e. The minimum Gasteiger partial charge on any atom is -0.399 e. The Bertz CT molecular complexity index is 639. The van der Waals surface area contributed by atoms with Gasteiger partial charge in [-0.2, -0.15) is 16.9 Å². The molecule has 1 aromatic heterocycles. The van der Waals surface area contributed by atoms with E-state index in [1.165, 1.54) is 12.8 Å². The number of hydrogen-bond donors (Lipinski definition) is 3. The number of carbonyl (C=O) groups is 1. The molecule has 1 saturated carbocycles. The Balaban J connectivity index is 1.84. The molecule has 20 heavy (non-hydrogen) atoms. The molecule has 2 unspecified atom stereocenters. The molecular formula is C14H18N4OS. The SMILES string of the molecule is CSC1CCCC1NC(=O)c1n[nH]c2ccc(N)cc12. The molecule has 0 saturated heterocycles. The number of nitrogen functional groups attached to an aromatic ring is 1. The summed E-state index contributed by atoms with van der Waals surface area (Å²) in [6, 6.07) is 5.66. The summed E-state index contributed by atoms with van der Waals surface area (Å²) in [5.41, 5.74) is 7.68. The first-order valence-corrected chi connectivity index (χ1v) is 8.05. The fourth-order valence-electron chi connectivity index (χ4n) is 2.81. The number of hydrogen-bond acceptors (Lipinski definition) is 4. The van der Waals surface area contributed by atoms with Gasteiger partial charge < -0.3 is 11.1 Å². The monoisotopic (exact) mass is 290 g/mol. The molecule has 3 rings (SSSR count). The van der Waals surface area contributed by atoms with E-state index >= 15 is 0 Å². The third-order valence-corrected chi connectivity index (χ3v) is 5.04. The lowest BCUT2D eigenvalue weighted by molar-refractivity contribution is 0.0935. The molecule has 106 valence electrons. The number of thioether (sulfide) groups is 1. The van der Waals surface area contributed by atoms with Gasteiger partial charge in [-0.05, 0) is 37.3 Å². The van der Waals surface area contributed by atoms with Gasteiger partial charge in [0.05, 0.1) is 5.52 Å². The highest BCUT2D eigenvalue weighted by Gasteiger charge is 2.29. The van der Waals surface area contributed by atoms with Crippen LogP contribution in [0.1, 0.15) is 29.8 Å². The van der Waals surface area contributed by atoms with Crippen LogP contribution >= 0.6 is 11.8 Å². The predicted molar refractivity (Wildman–Crippen MR) is 82.9 cm³/mol. The Morgan fingerprint density at radius 1 is 1.50 bits per heavy atom. The van der Waals surface area contributed by atoms with E-state index in [2.05, 4.69) is 21.8 Å². The molecule has 2 aromatic rings. The van der Waals surface area contributed by atoms with Crippen molar-refractivity contribution >= 4 is 34.3 Å². The lowest BCUT2D eigenvalue weighted by Gasteiger charge is -2.18. The molecule has 0 bridgehead atoms. The van der Waals surface area contributed by atoms with Crippen LogP contribution in [0.4, 0.5) is 5.69 Å². The predicted octanol–water partition coefficient (Wildman–Crippen LogP) is 2.16.